The van der Waals surface area contributed by atoms with Gasteiger partial charge in [-0.25, -0.2) is 19.6 Å². The highest BCUT2D eigenvalue weighted by Gasteiger charge is 2.11. The summed E-state index contributed by atoms with van der Waals surface area (Å²) in [5.74, 6) is 4.61. The van der Waals surface area contributed by atoms with Gasteiger partial charge in [-0.1, -0.05) is 6.92 Å². The Morgan fingerprint density at radius 2 is 2.00 bits per heavy atom. The molecule has 0 amide bonds. The van der Waals surface area contributed by atoms with E-state index in [1.54, 1.807) is 6.07 Å². The molecular weight excluding hydrogens is 212 g/mol. The Morgan fingerprint density at radius 1 is 1.31 bits per heavy atom. The summed E-state index contributed by atoms with van der Waals surface area (Å²) in [6, 6.07) is 3.71. The lowest BCUT2D eigenvalue weighted by Gasteiger charge is -2.09. The van der Waals surface area contributed by atoms with Crippen molar-refractivity contribution < 1.29 is 8.78 Å². The molecule has 0 aliphatic rings. The van der Waals surface area contributed by atoms with Crippen molar-refractivity contribution in [3.05, 3.63) is 35.4 Å². The molecule has 0 atom stereocenters. The average molecular weight is 223 g/mol. The lowest BCUT2D eigenvalue weighted by atomic mass is 10.1. The molecule has 0 aliphatic carbocycles. The van der Waals surface area contributed by atoms with Gasteiger partial charge >= 0.3 is 0 Å². The molecule has 1 aromatic carbocycles. The smallest absolute Gasteiger partial charge is 0.149 e. The van der Waals surface area contributed by atoms with Gasteiger partial charge in [0.05, 0.1) is 0 Å². The van der Waals surface area contributed by atoms with Crippen molar-refractivity contribution in [1.82, 2.24) is 4.98 Å². The molecule has 5 heteroatoms. The standard InChI is InChI=1S/C11H11F2N3/c1-2-6-5-7-8(12)3-4-9(13)10(7)15-11(6)16-14/h3-5H,2,14H2,1H3,(H,15,16). The number of aromatic nitrogens is 1. The summed E-state index contributed by atoms with van der Waals surface area (Å²) in [5.41, 5.74) is 3.13. The van der Waals surface area contributed by atoms with Gasteiger partial charge in [0.2, 0.25) is 0 Å². The molecule has 0 spiro atoms. The second-order valence-electron chi connectivity index (χ2n) is 3.42. The number of pyridine rings is 1. The second-order valence-corrected chi connectivity index (χ2v) is 3.42. The zero-order valence-corrected chi connectivity index (χ0v) is 8.72. The zero-order chi connectivity index (χ0) is 11.7. The van der Waals surface area contributed by atoms with Crippen LogP contribution < -0.4 is 11.3 Å². The highest BCUT2D eigenvalue weighted by molar-refractivity contribution is 5.82. The topological polar surface area (TPSA) is 50.9 Å². The van der Waals surface area contributed by atoms with Crippen LogP contribution in [0, 0.1) is 11.6 Å². The number of nitrogens with zero attached hydrogens (tertiary/aromatic N) is 1. The molecule has 0 saturated heterocycles. The summed E-state index contributed by atoms with van der Waals surface area (Å²) in [5, 5.41) is 0.177. The number of nitrogens with two attached hydrogens (primary N) is 1. The lowest BCUT2D eigenvalue weighted by molar-refractivity contribution is 0.615. The Labute approximate surface area is 91.3 Å². The molecule has 1 aromatic heterocycles. The molecule has 0 aliphatic heterocycles. The average Bonchev–Trinajstić information content (AvgIpc) is 2.32. The van der Waals surface area contributed by atoms with Crippen LogP contribution in [-0.4, -0.2) is 4.98 Å². The molecule has 0 fully saturated rings. The number of aryl methyl sites for hydroxylation is 1. The van der Waals surface area contributed by atoms with Crippen molar-refractivity contribution in [1.29, 1.82) is 0 Å². The van der Waals surface area contributed by atoms with E-state index in [0.717, 1.165) is 17.7 Å². The minimum atomic E-state index is -0.560. The van der Waals surface area contributed by atoms with E-state index < -0.39 is 11.6 Å². The highest BCUT2D eigenvalue weighted by Crippen LogP contribution is 2.24. The SMILES string of the molecule is CCc1cc2c(F)ccc(F)c2nc1NN. The van der Waals surface area contributed by atoms with Crippen LogP contribution >= 0.6 is 0 Å². The maximum Gasteiger partial charge on any atom is 0.149 e. The fourth-order valence-electron chi connectivity index (χ4n) is 1.63. The van der Waals surface area contributed by atoms with Crippen LogP contribution in [0.1, 0.15) is 12.5 Å². The monoisotopic (exact) mass is 223 g/mol. The first kappa shape index (κ1) is 10.8. The predicted molar refractivity (Wildman–Crippen MR) is 58.8 cm³/mol. The Balaban J connectivity index is 2.82. The first-order valence-corrected chi connectivity index (χ1v) is 4.91. The van der Waals surface area contributed by atoms with Crippen molar-refractivity contribution in [3.63, 3.8) is 0 Å². The van der Waals surface area contributed by atoms with E-state index >= 15 is 0 Å². The van der Waals surface area contributed by atoms with E-state index in [-0.39, 0.29) is 10.9 Å². The number of hydrogen-bond donors (Lipinski definition) is 2. The van der Waals surface area contributed by atoms with Gasteiger partial charge in [0.1, 0.15) is 23.0 Å². The van der Waals surface area contributed by atoms with Crippen molar-refractivity contribution in [2.45, 2.75) is 13.3 Å². The van der Waals surface area contributed by atoms with Gasteiger partial charge in [0, 0.05) is 5.39 Å². The molecule has 0 radical (unpaired) electrons. The van der Waals surface area contributed by atoms with Crippen molar-refractivity contribution in [2.75, 3.05) is 5.43 Å². The second kappa shape index (κ2) is 4.02. The summed E-state index contributed by atoms with van der Waals surface area (Å²) in [7, 11) is 0. The molecule has 0 unspecified atom stereocenters. The summed E-state index contributed by atoms with van der Waals surface area (Å²) in [6.07, 6.45) is 0.637. The van der Waals surface area contributed by atoms with Gasteiger partial charge in [-0.3, -0.25) is 0 Å². The van der Waals surface area contributed by atoms with E-state index in [2.05, 4.69) is 10.4 Å². The highest BCUT2D eigenvalue weighted by atomic mass is 19.1. The summed E-state index contributed by atoms with van der Waals surface area (Å²) < 4.78 is 26.9. The minimum Gasteiger partial charge on any atom is -0.308 e. The molecule has 2 aromatic rings. The number of rotatable bonds is 2. The zero-order valence-electron chi connectivity index (χ0n) is 8.72. The van der Waals surface area contributed by atoms with Gasteiger partial charge in [-0.05, 0) is 30.2 Å². The molecule has 2 rings (SSSR count). The third kappa shape index (κ3) is 1.59. The third-order valence-electron chi connectivity index (χ3n) is 2.48. The molecule has 1 heterocycles. The molecule has 0 saturated carbocycles. The van der Waals surface area contributed by atoms with Gasteiger partial charge in [0.25, 0.3) is 0 Å². The fraction of sp³-hybridized carbons (Fsp3) is 0.182. The maximum absolute atomic E-state index is 13.5. The minimum absolute atomic E-state index is 0.00912. The Kier molecular flexibility index (Phi) is 2.70. The maximum atomic E-state index is 13.5. The number of nitrogens with one attached hydrogen (secondary N) is 1. The van der Waals surface area contributed by atoms with Crippen LogP contribution in [0.3, 0.4) is 0 Å². The van der Waals surface area contributed by atoms with Crippen LogP contribution in [0.15, 0.2) is 18.2 Å². The fourth-order valence-corrected chi connectivity index (χ4v) is 1.63. The normalized spacial score (nSPS) is 10.8. The van der Waals surface area contributed by atoms with Crippen molar-refractivity contribution in [3.8, 4) is 0 Å². The van der Waals surface area contributed by atoms with Gasteiger partial charge in [-0.15, -0.1) is 0 Å². The number of halogens is 2. The third-order valence-corrected chi connectivity index (χ3v) is 2.48. The van der Waals surface area contributed by atoms with Gasteiger partial charge in [0.15, 0.2) is 0 Å². The molecule has 84 valence electrons. The summed E-state index contributed by atoms with van der Waals surface area (Å²) in [4.78, 5) is 3.97. The van der Waals surface area contributed by atoms with E-state index in [4.69, 9.17) is 5.84 Å². The first-order chi connectivity index (χ1) is 7.67. The van der Waals surface area contributed by atoms with E-state index in [9.17, 15) is 8.78 Å². The number of nitrogen functional groups attached to an aromatic ring is 1. The largest absolute Gasteiger partial charge is 0.308 e. The summed E-state index contributed by atoms with van der Waals surface area (Å²) in [6.45, 7) is 1.89. The Morgan fingerprint density at radius 3 is 2.62 bits per heavy atom. The van der Waals surface area contributed by atoms with Crippen LogP contribution in [0.25, 0.3) is 10.9 Å². The van der Waals surface area contributed by atoms with Crippen molar-refractivity contribution in [2.24, 2.45) is 5.84 Å². The van der Waals surface area contributed by atoms with E-state index in [1.807, 2.05) is 6.92 Å². The van der Waals surface area contributed by atoms with E-state index in [1.165, 1.54) is 0 Å². The number of hydrazine groups is 1. The van der Waals surface area contributed by atoms with Crippen LogP contribution in [-0.2, 0) is 6.42 Å². The molecular formula is C11H11F2N3. The molecule has 0 bridgehead atoms. The quantitative estimate of drug-likeness (QED) is 0.607. The van der Waals surface area contributed by atoms with Crippen LogP contribution in [0.5, 0.6) is 0 Å². The van der Waals surface area contributed by atoms with Crippen molar-refractivity contribution >= 4 is 16.7 Å². The number of hydrogen-bond acceptors (Lipinski definition) is 3. The van der Waals surface area contributed by atoms with Gasteiger partial charge in [-0.2, -0.15) is 0 Å². The van der Waals surface area contributed by atoms with Gasteiger partial charge < -0.3 is 5.43 Å². The number of fused-ring (bicyclic) bond motifs is 1. The van der Waals surface area contributed by atoms with Crippen LogP contribution in [0.4, 0.5) is 14.6 Å². The Hall–Kier alpha value is -1.75. The molecule has 16 heavy (non-hydrogen) atoms. The number of benzene rings is 1. The Bertz CT molecular complexity index is 492. The molecule has 3 nitrogen and oxygen atoms in total. The van der Waals surface area contributed by atoms with E-state index in [0.29, 0.717) is 12.2 Å². The number of anilines is 1. The van der Waals surface area contributed by atoms with Crippen LogP contribution in [0.2, 0.25) is 0 Å². The lowest BCUT2D eigenvalue weighted by Crippen LogP contribution is -2.11. The first-order valence-electron chi connectivity index (χ1n) is 4.91. The predicted octanol–water partition coefficient (Wildman–Crippen LogP) is 2.36. The summed E-state index contributed by atoms with van der Waals surface area (Å²) >= 11 is 0. The molecule has 3 N–H and O–H groups in total.